The number of hydrogen-bond donors (Lipinski definition) is 0. The van der Waals surface area contributed by atoms with Crippen molar-refractivity contribution in [1.29, 1.82) is 0 Å². The molecular weight excluding hydrogens is 177 g/mol. The molecule has 41 valence electrons. The van der Waals surface area contributed by atoms with Crippen molar-refractivity contribution in [2.24, 2.45) is 0 Å². The predicted octanol–water partition coefficient (Wildman–Crippen LogP) is 0.725. The van der Waals surface area contributed by atoms with Gasteiger partial charge in [-0.05, 0) is 0 Å². The van der Waals surface area contributed by atoms with Crippen LogP contribution in [0.25, 0.3) is 0 Å². The molecule has 0 N–H and O–H groups in total. The maximum absolute atomic E-state index is 3.55. The Hall–Kier alpha value is 0.184. The Morgan fingerprint density at radius 3 is 1.75 bits per heavy atom. The molecule has 0 atom stereocenters. The smallest absolute Gasteiger partial charge is 0.0213 e. The molecule has 0 fully saturated rings. The largest absolute Gasteiger partial charge is 0.374 e. The van der Waals surface area contributed by atoms with Gasteiger partial charge in [0.2, 0.25) is 0 Å². The van der Waals surface area contributed by atoms with Crippen molar-refractivity contribution in [3.8, 4) is 0 Å². The normalized spacial score (nSPS) is 6.00. The average Bonchev–Trinajstić information content (AvgIpc) is 1.72. The Bertz CT molecular complexity index is 82.4. The van der Waals surface area contributed by atoms with Crippen LogP contribution in [0.5, 0.6) is 0 Å². The molecule has 1 aromatic rings. The zero-order valence-corrected chi connectivity index (χ0v) is 7.54. The average molecular weight is 183 g/mol. The van der Waals surface area contributed by atoms with Gasteiger partial charge in [0, 0.05) is 39.0 Å². The van der Waals surface area contributed by atoms with E-state index in [1.54, 1.807) is 18.5 Å². The third-order valence-corrected chi connectivity index (χ3v) is 0.437. The van der Waals surface area contributed by atoms with E-state index in [1.165, 1.54) is 0 Å². The number of nitrogens with zero attached hydrogens (tertiary/aromatic N) is 2. The van der Waals surface area contributed by atoms with Gasteiger partial charge >= 0.3 is 0 Å². The van der Waals surface area contributed by atoms with Crippen molar-refractivity contribution in [1.82, 2.24) is 9.97 Å². The molecule has 1 aromatic heterocycles. The predicted molar refractivity (Wildman–Crippen MR) is 27.3 cm³/mol. The Kier molecular flexibility index (Phi) is 9.92. The van der Waals surface area contributed by atoms with Crippen molar-refractivity contribution in [3.05, 3.63) is 32.2 Å². The Balaban J connectivity index is 0. The van der Waals surface area contributed by atoms with Crippen molar-refractivity contribution in [2.45, 2.75) is 0 Å². The van der Waals surface area contributed by atoms with Gasteiger partial charge in [-0.3, -0.25) is 0 Å². The van der Waals surface area contributed by atoms with Gasteiger partial charge in [-0.25, -0.2) is 0 Å². The van der Waals surface area contributed by atoms with Gasteiger partial charge < -0.3 is 17.4 Å². The van der Waals surface area contributed by atoms with Crippen LogP contribution in [0.2, 0.25) is 0 Å². The third kappa shape index (κ3) is 4.35. The number of aromatic nitrogens is 2. The SMILES string of the molecule is [CH3-].[Y].[c-]1ncccn1. The Morgan fingerprint density at radius 2 is 1.62 bits per heavy atom. The monoisotopic (exact) mass is 183 g/mol. The summed E-state index contributed by atoms with van der Waals surface area (Å²) in [4.78, 5) is 7.10. The first-order valence-electron chi connectivity index (χ1n) is 1.63. The van der Waals surface area contributed by atoms with Crippen molar-refractivity contribution < 1.29 is 32.7 Å². The molecule has 0 unspecified atom stereocenters. The van der Waals surface area contributed by atoms with E-state index in [2.05, 4.69) is 16.3 Å². The summed E-state index contributed by atoms with van der Waals surface area (Å²) in [6.45, 7) is 0. The van der Waals surface area contributed by atoms with Gasteiger partial charge in [0.05, 0.1) is 0 Å². The number of hydrogen-bond acceptors (Lipinski definition) is 2. The molecule has 2 nitrogen and oxygen atoms in total. The number of rotatable bonds is 0. The summed E-state index contributed by atoms with van der Waals surface area (Å²) in [5.74, 6) is 0. The van der Waals surface area contributed by atoms with Crippen LogP contribution in [-0.2, 0) is 32.7 Å². The quantitative estimate of drug-likeness (QED) is 0.554. The van der Waals surface area contributed by atoms with Crippen molar-refractivity contribution in [2.75, 3.05) is 0 Å². The second-order valence-electron chi connectivity index (χ2n) is 0.849. The molecule has 0 spiro atoms. The van der Waals surface area contributed by atoms with Gasteiger partial charge in [-0.15, -0.1) is 6.07 Å². The molecule has 0 aliphatic carbocycles. The van der Waals surface area contributed by atoms with Crippen LogP contribution in [0.1, 0.15) is 0 Å². The van der Waals surface area contributed by atoms with E-state index >= 15 is 0 Å². The molecule has 0 amide bonds. The molecule has 8 heavy (non-hydrogen) atoms. The van der Waals surface area contributed by atoms with Crippen LogP contribution in [-0.4, -0.2) is 9.97 Å². The standard InChI is InChI=1S/C4H3N2.CH3.Y/c1-2-5-4-6-3-1;;/h1-3H;1H3;/q2*-1;. The zero-order chi connectivity index (χ0) is 4.24. The van der Waals surface area contributed by atoms with Crippen LogP contribution in [0, 0.1) is 13.8 Å². The maximum Gasteiger partial charge on any atom is 0.0213 e. The minimum atomic E-state index is 0. The summed E-state index contributed by atoms with van der Waals surface area (Å²) in [6, 6.07) is 1.75. The third-order valence-electron chi connectivity index (χ3n) is 0.437. The summed E-state index contributed by atoms with van der Waals surface area (Å²) in [5.41, 5.74) is 0. The molecule has 0 saturated heterocycles. The van der Waals surface area contributed by atoms with Gasteiger partial charge in [0.25, 0.3) is 0 Å². The van der Waals surface area contributed by atoms with E-state index in [-0.39, 0.29) is 40.1 Å². The van der Waals surface area contributed by atoms with Gasteiger partial charge in [0.15, 0.2) is 0 Å². The fourth-order valence-electron chi connectivity index (χ4n) is 0.225. The van der Waals surface area contributed by atoms with E-state index in [0.29, 0.717) is 0 Å². The molecule has 1 radical (unpaired) electrons. The van der Waals surface area contributed by atoms with Gasteiger partial charge in [0.1, 0.15) is 0 Å². The molecule has 1 rings (SSSR count). The molecule has 0 saturated carbocycles. The molecule has 1 heterocycles. The Morgan fingerprint density at radius 1 is 1.12 bits per heavy atom. The summed E-state index contributed by atoms with van der Waals surface area (Å²) in [7, 11) is 0. The minimum Gasteiger partial charge on any atom is -0.374 e. The van der Waals surface area contributed by atoms with E-state index in [9.17, 15) is 0 Å². The summed E-state index contributed by atoms with van der Waals surface area (Å²) < 4.78 is 0. The van der Waals surface area contributed by atoms with Crippen LogP contribution >= 0.6 is 0 Å². The van der Waals surface area contributed by atoms with Crippen LogP contribution in [0.15, 0.2) is 18.5 Å². The summed E-state index contributed by atoms with van der Waals surface area (Å²) >= 11 is 0. The van der Waals surface area contributed by atoms with Gasteiger partial charge in [-0.1, -0.05) is 12.4 Å². The van der Waals surface area contributed by atoms with E-state index in [4.69, 9.17) is 0 Å². The first kappa shape index (κ1) is 11.0. The topological polar surface area (TPSA) is 25.8 Å². The molecule has 0 aliphatic rings. The second-order valence-corrected chi connectivity index (χ2v) is 0.849. The summed E-state index contributed by atoms with van der Waals surface area (Å²) in [5, 5.41) is 0. The molecule has 3 heteroatoms. The van der Waals surface area contributed by atoms with E-state index in [0.717, 1.165) is 0 Å². The summed E-state index contributed by atoms with van der Waals surface area (Å²) in [6.07, 6.45) is 5.66. The fourth-order valence-corrected chi connectivity index (χ4v) is 0.225. The van der Waals surface area contributed by atoms with Crippen molar-refractivity contribution >= 4 is 0 Å². The zero-order valence-electron chi connectivity index (χ0n) is 4.70. The van der Waals surface area contributed by atoms with Gasteiger partial charge in [-0.2, -0.15) is 0 Å². The maximum atomic E-state index is 3.55. The molecular formula is C5H6N2Y-2. The van der Waals surface area contributed by atoms with E-state index < -0.39 is 0 Å². The molecule has 0 aliphatic heterocycles. The first-order chi connectivity index (χ1) is 3.00. The second kappa shape index (κ2) is 7.18. The van der Waals surface area contributed by atoms with Crippen LogP contribution < -0.4 is 0 Å². The molecule has 0 bridgehead atoms. The fraction of sp³-hybridized carbons (Fsp3) is 0. The Labute approximate surface area is 74.6 Å². The first-order valence-corrected chi connectivity index (χ1v) is 1.63. The van der Waals surface area contributed by atoms with Crippen LogP contribution in [0.4, 0.5) is 0 Å². The molecule has 0 aromatic carbocycles. The van der Waals surface area contributed by atoms with E-state index in [1.807, 2.05) is 0 Å². The minimum absolute atomic E-state index is 0. The van der Waals surface area contributed by atoms with Crippen LogP contribution in [0.3, 0.4) is 0 Å². The van der Waals surface area contributed by atoms with Crippen molar-refractivity contribution in [3.63, 3.8) is 0 Å².